The zero-order valence-corrected chi connectivity index (χ0v) is 11.9. The van der Waals surface area contributed by atoms with Gasteiger partial charge in [-0.25, -0.2) is 8.63 Å². The van der Waals surface area contributed by atoms with Gasteiger partial charge in [-0.1, -0.05) is 45.0 Å². The van der Waals surface area contributed by atoms with Crippen molar-refractivity contribution < 1.29 is 18.1 Å². The number of hydrogen-bond acceptors (Lipinski definition) is 2. The van der Waals surface area contributed by atoms with Gasteiger partial charge in [0.25, 0.3) is 0 Å². The topological polar surface area (TPSA) is 26.3 Å². The number of hydrogen-bond donors (Lipinski definition) is 0. The van der Waals surface area contributed by atoms with Gasteiger partial charge in [0.15, 0.2) is 5.78 Å². The van der Waals surface area contributed by atoms with E-state index in [1.54, 1.807) is 32.9 Å². The lowest BCUT2D eigenvalue weighted by atomic mass is 9.80. The molecule has 0 aliphatic heterocycles. The van der Waals surface area contributed by atoms with Gasteiger partial charge < -0.3 is 4.65 Å². The molecule has 0 bridgehead atoms. The molecule has 2 nitrogen and oxygen atoms in total. The summed E-state index contributed by atoms with van der Waals surface area (Å²) in [6.07, 6.45) is 1.11. The molecule has 1 aromatic carbocycles. The molecule has 0 saturated carbocycles. The number of fused-ring (bicyclic) bond motifs is 1. The van der Waals surface area contributed by atoms with Crippen LogP contribution in [0.1, 0.15) is 38.3 Å². The molecular formula is C15H17BF2O2. The Morgan fingerprint density at radius 1 is 1.20 bits per heavy atom. The third kappa shape index (κ3) is 2.92. The number of halogens is 2. The van der Waals surface area contributed by atoms with Gasteiger partial charge in [0.2, 0.25) is 0 Å². The first-order valence-corrected chi connectivity index (χ1v) is 6.61. The van der Waals surface area contributed by atoms with Gasteiger partial charge in [-0.15, -0.1) is 0 Å². The minimum absolute atomic E-state index is 0.0433. The van der Waals surface area contributed by atoms with E-state index in [4.69, 9.17) is 0 Å². The molecule has 5 heteroatoms. The first-order valence-electron chi connectivity index (χ1n) is 6.61. The van der Waals surface area contributed by atoms with Crippen LogP contribution < -0.4 is 0 Å². The number of aryl methyl sites for hydroxylation is 1. The van der Waals surface area contributed by atoms with Crippen molar-refractivity contribution in [2.24, 2.45) is 5.41 Å². The maximum Gasteiger partial charge on any atom is 0.796 e. The average Bonchev–Trinajstić information content (AvgIpc) is 2.37. The Morgan fingerprint density at radius 2 is 1.85 bits per heavy atom. The van der Waals surface area contributed by atoms with Crippen molar-refractivity contribution in [1.82, 2.24) is 0 Å². The van der Waals surface area contributed by atoms with Gasteiger partial charge in [-0.05, 0) is 18.4 Å². The number of allylic oxidation sites excluding steroid dienone is 1. The van der Waals surface area contributed by atoms with Gasteiger partial charge in [0.1, 0.15) is 5.76 Å². The molecule has 0 radical (unpaired) electrons. The quantitative estimate of drug-likeness (QED) is 0.784. The largest absolute Gasteiger partial charge is 0.796 e. The Morgan fingerprint density at radius 3 is 2.45 bits per heavy atom. The highest BCUT2D eigenvalue weighted by atomic mass is 19.2. The number of carbonyl (C=O) groups is 1. The lowest BCUT2D eigenvalue weighted by Crippen LogP contribution is -2.26. The van der Waals surface area contributed by atoms with Gasteiger partial charge in [-0.3, -0.25) is 4.79 Å². The molecule has 1 aliphatic rings. The van der Waals surface area contributed by atoms with Gasteiger partial charge in [-0.2, -0.15) is 0 Å². The standard InChI is InChI=1S/C15H17BF2O2/c1-15(2,3)14(19)12-9-8-10-6-4-5-7-11(10)13(12)20-16(17)18/h4-7H,8-9H2,1-3H3. The Kier molecular flexibility index (Phi) is 3.98. The lowest BCUT2D eigenvalue weighted by Gasteiger charge is -2.26. The Hall–Kier alpha value is -1.65. The highest BCUT2D eigenvalue weighted by Gasteiger charge is 2.33. The molecule has 0 N–H and O–H groups in total. The van der Waals surface area contributed by atoms with Crippen LogP contribution in [0.3, 0.4) is 0 Å². The molecule has 2 rings (SSSR count). The van der Waals surface area contributed by atoms with E-state index in [2.05, 4.69) is 4.65 Å². The molecule has 0 fully saturated rings. The van der Waals surface area contributed by atoms with E-state index in [9.17, 15) is 13.4 Å². The number of ketones is 1. The molecule has 0 aromatic heterocycles. The first kappa shape index (κ1) is 14.8. The molecule has 0 atom stereocenters. The van der Waals surface area contributed by atoms with Crippen molar-refractivity contribution in [3.05, 3.63) is 41.0 Å². The summed E-state index contributed by atoms with van der Waals surface area (Å²) in [5.74, 6) is -0.0931. The van der Waals surface area contributed by atoms with Crippen LogP contribution in [-0.2, 0) is 15.9 Å². The van der Waals surface area contributed by atoms with E-state index >= 15 is 0 Å². The molecule has 1 aliphatic carbocycles. The molecule has 0 amide bonds. The van der Waals surface area contributed by atoms with Crippen LogP contribution in [0.4, 0.5) is 8.63 Å². The van der Waals surface area contributed by atoms with Crippen molar-refractivity contribution in [2.45, 2.75) is 33.6 Å². The van der Waals surface area contributed by atoms with Crippen molar-refractivity contribution in [2.75, 3.05) is 0 Å². The fourth-order valence-corrected chi connectivity index (χ4v) is 2.39. The van der Waals surface area contributed by atoms with E-state index < -0.39 is 12.9 Å². The van der Waals surface area contributed by atoms with E-state index in [-0.39, 0.29) is 11.5 Å². The molecule has 0 spiro atoms. The molecule has 0 saturated heterocycles. The number of carbonyl (C=O) groups excluding carboxylic acids is 1. The number of rotatable bonds is 3. The van der Waals surface area contributed by atoms with E-state index in [0.717, 1.165) is 5.56 Å². The maximum atomic E-state index is 12.7. The van der Waals surface area contributed by atoms with Crippen LogP contribution in [0.2, 0.25) is 0 Å². The van der Waals surface area contributed by atoms with Crippen LogP contribution in [0.15, 0.2) is 29.8 Å². The Balaban J connectivity index is 2.54. The predicted octanol–water partition coefficient (Wildman–Crippen LogP) is 3.90. The Bertz CT molecular complexity index is 559. The number of benzene rings is 1. The smallest absolute Gasteiger partial charge is 0.504 e. The van der Waals surface area contributed by atoms with Gasteiger partial charge >= 0.3 is 7.47 Å². The highest BCUT2D eigenvalue weighted by Crippen LogP contribution is 2.36. The van der Waals surface area contributed by atoms with Crippen LogP contribution in [0, 0.1) is 5.41 Å². The predicted molar refractivity (Wildman–Crippen MR) is 75.2 cm³/mol. The van der Waals surface area contributed by atoms with Crippen LogP contribution in [0.5, 0.6) is 0 Å². The maximum absolute atomic E-state index is 12.7. The molecule has 20 heavy (non-hydrogen) atoms. The zero-order valence-electron chi connectivity index (χ0n) is 11.9. The molecule has 0 unspecified atom stereocenters. The summed E-state index contributed by atoms with van der Waals surface area (Å²) in [4.78, 5) is 12.4. The summed E-state index contributed by atoms with van der Waals surface area (Å²) in [6.45, 7) is 5.34. The second-order valence-electron chi connectivity index (χ2n) is 5.92. The second kappa shape index (κ2) is 5.39. The lowest BCUT2D eigenvalue weighted by molar-refractivity contribution is -0.122. The fourth-order valence-electron chi connectivity index (χ4n) is 2.39. The van der Waals surface area contributed by atoms with E-state index in [0.29, 0.717) is 24.0 Å². The van der Waals surface area contributed by atoms with Gasteiger partial charge in [0.05, 0.1) is 0 Å². The fraction of sp³-hybridized carbons (Fsp3) is 0.400. The third-order valence-corrected chi connectivity index (χ3v) is 3.34. The second-order valence-corrected chi connectivity index (χ2v) is 5.92. The van der Waals surface area contributed by atoms with Crippen LogP contribution in [0.25, 0.3) is 5.76 Å². The van der Waals surface area contributed by atoms with Crippen LogP contribution >= 0.6 is 0 Å². The molecule has 0 heterocycles. The summed E-state index contributed by atoms with van der Waals surface area (Å²) in [6, 6.07) is 7.22. The third-order valence-electron chi connectivity index (χ3n) is 3.34. The summed E-state index contributed by atoms with van der Waals surface area (Å²) >= 11 is 0. The van der Waals surface area contributed by atoms with E-state index in [1.165, 1.54) is 0 Å². The SMILES string of the molecule is CC(C)(C)C(=O)C1=C(OB(F)F)c2ccccc2CC1. The monoisotopic (exact) mass is 278 g/mol. The minimum atomic E-state index is -2.93. The molecular weight excluding hydrogens is 261 g/mol. The van der Waals surface area contributed by atoms with Crippen molar-refractivity contribution in [1.29, 1.82) is 0 Å². The molecule has 1 aromatic rings. The van der Waals surface area contributed by atoms with Gasteiger partial charge in [0, 0.05) is 16.6 Å². The van der Waals surface area contributed by atoms with Crippen molar-refractivity contribution in [3.8, 4) is 0 Å². The summed E-state index contributed by atoms with van der Waals surface area (Å²) in [5, 5.41) is 0. The Labute approximate surface area is 118 Å². The van der Waals surface area contributed by atoms with E-state index in [1.807, 2.05) is 12.1 Å². The normalized spacial score (nSPS) is 14.8. The summed E-state index contributed by atoms with van der Waals surface area (Å²) in [7, 11) is -2.93. The van der Waals surface area contributed by atoms with Crippen molar-refractivity contribution in [3.63, 3.8) is 0 Å². The average molecular weight is 278 g/mol. The summed E-state index contributed by atoms with van der Waals surface area (Å²) < 4.78 is 30.0. The van der Waals surface area contributed by atoms with Crippen molar-refractivity contribution >= 4 is 19.0 Å². The highest BCUT2D eigenvalue weighted by molar-refractivity contribution is 6.36. The zero-order chi connectivity index (χ0) is 14.9. The number of Topliss-reactive ketones (excluding diaryl/α,β-unsaturated/α-hetero) is 1. The van der Waals surface area contributed by atoms with Crippen LogP contribution in [-0.4, -0.2) is 13.3 Å². The summed E-state index contributed by atoms with van der Waals surface area (Å²) in [5.41, 5.74) is 1.30. The minimum Gasteiger partial charge on any atom is -0.504 e. The molecule has 106 valence electrons. The first-order chi connectivity index (χ1) is 9.30.